The molecule has 3 atom stereocenters. The van der Waals surface area contributed by atoms with E-state index in [0.29, 0.717) is 44.3 Å². The topological polar surface area (TPSA) is 77.9 Å². The Kier molecular flexibility index (Phi) is 5.96. The summed E-state index contributed by atoms with van der Waals surface area (Å²) >= 11 is 0. The summed E-state index contributed by atoms with van der Waals surface area (Å²) in [6.07, 6.45) is 2.36. The third-order valence-corrected chi connectivity index (χ3v) is 5.63. The van der Waals surface area contributed by atoms with Gasteiger partial charge in [0.05, 0.1) is 0 Å². The Morgan fingerprint density at radius 1 is 1.21 bits per heavy atom. The molecule has 0 radical (unpaired) electrons. The molecular weight excluding hydrogens is 370 g/mol. The molecule has 0 bridgehead atoms. The van der Waals surface area contributed by atoms with Gasteiger partial charge < -0.3 is 14.9 Å². The first-order valence-electron chi connectivity index (χ1n) is 9.50. The molecule has 2 aliphatic rings. The maximum absolute atomic E-state index is 14.0. The van der Waals surface area contributed by atoms with Crippen LogP contribution in [-0.4, -0.2) is 58.4 Å². The lowest BCUT2D eigenvalue weighted by molar-refractivity contribution is -0.145. The average Bonchev–Trinajstić information content (AvgIpc) is 3.42. The van der Waals surface area contributed by atoms with E-state index < -0.39 is 17.6 Å². The summed E-state index contributed by atoms with van der Waals surface area (Å²) in [4.78, 5) is 38.7. The Morgan fingerprint density at radius 2 is 1.96 bits per heavy atom. The highest BCUT2D eigenvalue weighted by Gasteiger charge is 2.47. The lowest BCUT2D eigenvalue weighted by Gasteiger charge is -2.29. The fourth-order valence-electron chi connectivity index (χ4n) is 4.10. The number of benzene rings is 1. The number of likely N-dealkylation sites (tertiary alicyclic amines) is 1. The molecule has 0 aromatic heterocycles. The van der Waals surface area contributed by atoms with Crippen LogP contribution in [0.4, 0.5) is 8.78 Å². The van der Waals surface area contributed by atoms with Gasteiger partial charge in [-0.15, -0.1) is 0 Å². The molecule has 1 saturated carbocycles. The highest BCUT2D eigenvalue weighted by molar-refractivity contribution is 5.83. The van der Waals surface area contributed by atoms with Gasteiger partial charge in [-0.2, -0.15) is 0 Å². The predicted molar refractivity (Wildman–Crippen MR) is 96.4 cm³/mol. The average molecular weight is 394 g/mol. The summed E-state index contributed by atoms with van der Waals surface area (Å²) in [5.41, 5.74) is 0.372. The molecule has 152 valence electrons. The summed E-state index contributed by atoms with van der Waals surface area (Å²) < 4.78 is 27.0. The Balaban J connectivity index is 1.60. The molecule has 1 aliphatic carbocycles. The van der Waals surface area contributed by atoms with E-state index >= 15 is 0 Å². The molecule has 1 saturated heterocycles. The molecule has 28 heavy (non-hydrogen) atoms. The number of rotatable bonds is 5. The molecule has 6 nitrogen and oxygen atoms in total. The molecule has 3 rings (SSSR count). The fraction of sp³-hybridized carbons (Fsp3) is 0.550. The van der Waals surface area contributed by atoms with Crippen molar-refractivity contribution in [1.29, 1.82) is 0 Å². The first-order chi connectivity index (χ1) is 13.3. The van der Waals surface area contributed by atoms with Gasteiger partial charge >= 0.3 is 5.97 Å². The van der Waals surface area contributed by atoms with Crippen molar-refractivity contribution in [2.45, 2.75) is 44.6 Å². The van der Waals surface area contributed by atoms with E-state index in [1.165, 1.54) is 24.0 Å². The zero-order valence-electron chi connectivity index (χ0n) is 15.7. The van der Waals surface area contributed by atoms with E-state index in [-0.39, 0.29) is 36.2 Å². The molecule has 2 amide bonds. The van der Waals surface area contributed by atoms with Gasteiger partial charge in [-0.25, -0.2) is 8.78 Å². The number of hydrogen-bond acceptors (Lipinski definition) is 3. The second kappa shape index (κ2) is 8.24. The minimum atomic E-state index is -1.06. The van der Waals surface area contributed by atoms with Crippen LogP contribution < -0.4 is 0 Å². The monoisotopic (exact) mass is 394 g/mol. The van der Waals surface area contributed by atoms with Crippen molar-refractivity contribution in [2.75, 3.05) is 19.6 Å². The molecule has 8 heteroatoms. The maximum atomic E-state index is 14.0. The highest BCUT2D eigenvalue weighted by Crippen LogP contribution is 2.49. The Morgan fingerprint density at radius 3 is 2.61 bits per heavy atom. The van der Waals surface area contributed by atoms with Crippen LogP contribution in [0.2, 0.25) is 0 Å². The van der Waals surface area contributed by atoms with Crippen LogP contribution in [0.25, 0.3) is 0 Å². The van der Waals surface area contributed by atoms with Crippen LogP contribution in [0.1, 0.15) is 44.1 Å². The van der Waals surface area contributed by atoms with E-state index in [1.807, 2.05) is 0 Å². The van der Waals surface area contributed by atoms with Gasteiger partial charge in [-0.3, -0.25) is 14.4 Å². The zero-order valence-corrected chi connectivity index (χ0v) is 15.7. The quantitative estimate of drug-likeness (QED) is 0.832. The summed E-state index contributed by atoms with van der Waals surface area (Å²) in [7, 11) is 0. The van der Waals surface area contributed by atoms with Gasteiger partial charge in [-0.05, 0) is 43.2 Å². The summed E-state index contributed by atoms with van der Waals surface area (Å²) in [6, 6.07) is 3.23. The van der Waals surface area contributed by atoms with Crippen LogP contribution in [0.15, 0.2) is 18.2 Å². The molecule has 1 aromatic rings. The SMILES string of the molecule is CC(=O)N(CC(=O)O)C1CCCN(C(=O)C2CC2c2ccc(F)cc2F)CC1. The number of carbonyl (C=O) groups excluding carboxylic acids is 2. The summed E-state index contributed by atoms with van der Waals surface area (Å²) in [5.74, 6) is -3.20. The van der Waals surface area contributed by atoms with Crippen molar-refractivity contribution in [3.05, 3.63) is 35.4 Å². The number of carbonyl (C=O) groups is 3. The fourth-order valence-corrected chi connectivity index (χ4v) is 4.10. The number of hydrogen-bond donors (Lipinski definition) is 1. The first kappa shape index (κ1) is 20.2. The molecule has 1 aliphatic heterocycles. The molecule has 1 aromatic carbocycles. The summed E-state index contributed by atoms with van der Waals surface area (Å²) in [5, 5.41) is 9.02. The maximum Gasteiger partial charge on any atom is 0.323 e. The smallest absolute Gasteiger partial charge is 0.323 e. The Bertz CT molecular complexity index is 785. The van der Waals surface area contributed by atoms with E-state index in [1.54, 1.807) is 4.90 Å². The van der Waals surface area contributed by atoms with Crippen molar-refractivity contribution in [3.8, 4) is 0 Å². The normalized spacial score (nSPS) is 24.4. The number of aliphatic carboxylic acids is 1. The van der Waals surface area contributed by atoms with Gasteiger partial charge in [0.1, 0.15) is 18.2 Å². The van der Waals surface area contributed by atoms with Crippen LogP contribution in [0.3, 0.4) is 0 Å². The van der Waals surface area contributed by atoms with Gasteiger partial charge in [0.2, 0.25) is 11.8 Å². The molecule has 0 spiro atoms. The van der Waals surface area contributed by atoms with Crippen molar-refractivity contribution in [3.63, 3.8) is 0 Å². The highest BCUT2D eigenvalue weighted by atomic mass is 19.1. The lowest BCUT2D eigenvalue weighted by atomic mass is 10.1. The van der Waals surface area contributed by atoms with Gasteiger partial charge in [0.25, 0.3) is 0 Å². The second-order valence-electron chi connectivity index (χ2n) is 7.57. The number of carboxylic acid groups (broad SMARTS) is 1. The van der Waals surface area contributed by atoms with Gasteiger partial charge in [0, 0.05) is 38.0 Å². The Labute approximate surface area is 162 Å². The lowest BCUT2D eigenvalue weighted by Crippen LogP contribution is -2.43. The Hall–Kier alpha value is -2.51. The predicted octanol–water partition coefficient (Wildman–Crippen LogP) is 2.38. The molecule has 2 fully saturated rings. The zero-order chi connectivity index (χ0) is 20.4. The van der Waals surface area contributed by atoms with Crippen LogP contribution in [-0.2, 0) is 14.4 Å². The van der Waals surface area contributed by atoms with Crippen molar-refractivity contribution >= 4 is 17.8 Å². The molecular formula is C20H24F2N2O4. The van der Waals surface area contributed by atoms with Crippen LogP contribution >= 0.6 is 0 Å². The van der Waals surface area contributed by atoms with E-state index in [2.05, 4.69) is 0 Å². The van der Waals surface area contributed by atoms with Crippen LogP contribution in [0, 0.1) is 17.6 Å². The largest absolute Gasteiger partial charge is 0.480 e. The summed E-state index contributed by atoms with van der Waals surface area (Å²) in [6.45, 7) is 1.97. The van der Waals surface area contributed by atoms with Gasteiger partial charge in [0.15, 0.2) is 0 Å². The number of halogens is 2. The minimum Gasteiger partial charge on any atom is -0.480 e. The first-order valence-corrected chi connectivity index (χ1v) is 9.50. The molecule has 3 unspecified atom stereocenters. The van der Waals surface area contributed by atoms with Crippen molar-refractivity contribution < 1.29 is 28.3 Å². The number of carboxylic acids is 1. The van der Waals surface area contributed by atoms with Crippen molar-refractivity contribution in [2.24, 2.45) is 5.92 Å². The van der Waals surface area contributed by atoms with E-state index in [4.69, 9.17) is 5.11 Å². The van der Waals surface area contributed by atoms with Gasteiger partial charge in [-0.1, -0.05) is 6.07 Å². The van der Waals surface area contributed by atoms with Crippen molar-refractivity contribution in [1.82, 2.24) is 9.80 Å². The third kappa shape index (κ3) is 4.48. The van der Waals surface area contributed by atoms with E-state index in [0.717, 1.165) is 6.07 Å². The standard InChI is InChI=1S/C20H24F2N2O4/c1-12(25)24(11-19(26)27)14-3-2-7-23(8-6-14)20(28)17-10-16(17)15-5-4-13(21)9-18(15)22/h4-5,9,14,16-17H,2-3,6-8,10-11H2,1H3,(H,26,27). The minimum absolute atomic E-state index is 0.0537. The van der Waals surface area contributed by atoms with Crippen LogP contribution in [0.5, 0.6) is 0 Å². The third-order valence-electron chi connectivity index (χ3n) is 5.63. The number of nitrogens with zero attached hydrogens (tertiary/aromatic N) is 2. The molecule has 1 N–H and O–H groups in total. The number of amides is 2. The second-order valence-corrected chi connectivity index (χ2v) is 7.57. The van der Waals surface area contributed by atoms with E-state index in [9.17, 15) is 23.2 Å². The molecule has 1 heterocycles.